The molecule has 1 aromatic carbocycles. The Bertz CT molecular complexity index is 396. The number of hydrogen-bond donors (Lipinski definition) is 0. The van der Waals surface area contributed by atoms with E-state index in [0.717, 1.165) is 0 Å². The summed E-state index contributed by atoms with van der Waals surface area (Å²) in [6, 6.07) is 10.5. The van der Waals surface area contributed by atoms with Gasteiger partial charge < -0.3 is 4.74 Å². The molecule has 0 bridgehead atoms. The van der Waals surface area contributed by atoms with Crippen LogP contribution in [0.3, 0.4) is 0 Å². The molecule has 0 saturated heterocycles. The predicted octanol–water partition coefficient (Wildman–Crippen LogP) is 2.65. The molecule has 92 valence electrons. The Kier molecular flexibility index (Phi) is 4.69. The highest BCUT2D eigenvalue weighted by atomic mass is 28.3. The van der Waals surface area contributed by atoms with Crippen LogP contribution in [-0.4, -0.2) is 20.1 Å². The number of esters is 1. The first-order chi connectivity index (χ1) is 7.92. The van der Waals surface area contributed by atoms with Crippen LogP contribution in [0.25, 0.3) is 0 Å². The molecule has 0 aliphatic rings. The van der Waals surface area contributed by atoms with Crippen molar-refractivity contribution in [1.29, 1.82) is 0 Å². The fraction of sp³-hybridized carbons (Fsp3) is 0.357. The molecule has 0 amide bonds. The van der Waals surface area contributed by atoms with E-state index >= 15 is 0 Å². The Morgan fingerprint density at radius 2 is 1.88 bits per heavy atom. The van der Waals surface area contributed by atoms with E-state index in [1.54, 1.807) is 0 Å². The Hall–Kier alpha value is -1.35. The largest absolute Gasteiger partial charge is 0.459 e. The molecule has 0 aliphatic carbocycles. The van der Waals surface area contributed by atoms with Gasteiger partial charge in [-0.3, -0.25) is 4.79 Å². The lowest BCUT2D eigenvalue weighted by molar-refractivity contribution is -0.143. The summed E-state index contributed by atoms with van der Waals surface area (Å²) in [5, 5.41) is 1.38. The molecule has 3 heteroatoms. The van der Waals surface area contributed by atoms with Crippen LogP contribution in [-0.2, 0) is 9.53 Å². The lowest BCUT2D eigenvalue weighted by Gasteiger charge is -2.19. The van der Waals surface area contributed by atoms with Gasteiger partial charge in [0.25, 0.3) is 0 Å². The van der Waals surface area contributed by atoms with Gasteiger partial charge in [-0.05, 0) is 6.92 Å². The Balaban J connectivity index is 2.73. The van der Waals surface area contributed by atoms with Gasteiger partial charge in [-0.25, -0.2) is 0 Å². The molecule has 0 saturated carbocycles. The van der Waals surface area contributed by atoms with Crippen LogP contribution in [0.15, 0.2) is 42.1 Å². The quantitative estimate of drug-likeness (QED) is 0.605. The minimum absolute atomic E-state index is 0.150. The number of hydrogen-bond acceptors (Lipinski definition) is 2. The van der Waals surface area contributed by atoms with Gasteiger partial charge in [-0.1, -0.05) is 60.4 Å². The van der Waals surface area contributed by atoms with Gasteiger partial charge in [0.2, 0.25) is 0 Å². The first-order valence-electron chi connectivity index (χ1n) is 5.84. The number of carbonyl (C=O) groups is 1. The number of rotatable bonds is 4. The number of ether oxygens (including phenoxy) is 1. The predicted molar refractivity (Wildman–Crippen MR) is 73.9 cm³/mol. The molecule has 0 N–H and O–H groups in total. The Morgan fingerprint density at radius 3 is 2.41 bits per heavy atom. The molecular weight excluding hydrogens is 228 g/mol. The van der Waals surface area contributed by atoms with Crippen LogP contribution >= 0.6 is 0 Å². The van der Waals surface area contributed by atoms with E-state index in [2.05, 4.69) is 43.1 Å². The highest BCUT2D eigenvalue weighted by Crippen LogP contribution is 2.06. The van der Waals surface area contributed by atoms with E-state index in [0.29, 0.717) is 0 Å². The number of benzene rings is 1. The fourth-order valence-electron chi connectivity index (χ4n) is 1.64. The van der Waals surface area contributed by atoms with Crippen molar-refractivity contribution in [2.45, 2.75) is 33.0 Å². The van der Waals surface area contributed by atoms with Crippen molar-refractivity contribution in [2.24, 2.45) is 0 Å². The van der Waals surface area contributed by atoms with E-state index in [1.807, 2.05) is 19.1 Å². The first-order valence-corrected chi connectivity index (χ1v) is 8.91. The average molecular weight is 248 g/mol. The molecule has 1 rings (SSSR count). The summed E-state index contributed by atoms with van der Waals surface area (Å²) >= 11 is 0. The second-order valence-corrected chi connectivity index (χ2v) is 9.12. The SMILES string of the molecule is CC(=O)O[C@@H](C)/C=C/[Si](C)(C)c1ccccc1. The van der Waals surface area contributed by atoms with Crippen molar-refractivity contribution in [1.82, 2.24) is 0 Å². The van der Waals surface area contributed by atoms with Crippen molar-refractivity contribution in [3.05, 3.63) is 42.1 Å². The molecule has 0 radical (unpaired) electrons. The molecular formula is C14H20O2Si. The van der Waals surface area contributed by atoms with Crippen molar-refractivity contribution in [2.75, 3.05) is 0 Å². The summed E-state index contributed by atoms with van der Waals surface area (Å²) in [4.78, 5) is 10.8. The zero-order valence-corrected chi connectivity index (χ0v) is 11.9. The summed E-state index contributed by atoms with van der Waals surface area (Å²) in [6.45, 7) is 7.87. The molecule has 0 aromatic heterocycles. The molecule has 17 heavy (non-hydrogen) atoms. The molecule has 0 aliphatic heterocycles. The zero-order valence-electron chi connectivity index (χ0n) is 10.9. The van der Waals surface area contributed by atoms with Gasteiger partial charge >= 0.3 is 5.97 Å². The normalized spacial score (nSPS) is 13.6. The standard InChI is InChI=1S/C14H20O2Si/c1-12(16-13(2)15)10-11-17(3,4)14-8-6-5-7-9-14/h5-12H,1-4H3/b11-10+/t12-/m0/s1. The van der Waals surface area contributed by atoms with Gasteiger partial charge in [0.15, 0.2) is 0 Å². The molecule has 2 nitrogen and oxygen atoms in total. The van der Waals surface area contributed by atoms with Gasteiger partial charge in [-0.15, -0.1) is 0 Å². The Morgan fingerprint density at radius 1 is 1.29 bits per heavy atom. The maximum atomic E-state index is 10.8. The third kappa shape index (κ3) is 4.57. The van der Waals surface area contributed by atoms with Crippen LogP contribution in [0.2, 0.25) is 13.1 Å². The number of carbonyl (C=O) groups excluding carboxylic acids is 1. The van der Waals surface area contributed by atoms with E-state index in [-0.39, 0.29) is 12.1 Å². The van der Waals surface area contributed by atoms with Crippen molar-refractivity contribution < 1.29 is 9.53 Å². The third-order valence-electron chi connectivity index (χ3n) is 2.65. The van der Waals surface area contributed by atoms with Crippen molar-refractivity contribution >= 4 is 19.2 Å². The lowest BCUT2D eigenvalue weighted by Crippen LogP contribution is -2.39. The minimum Gasteiger partial charge on any atom is -0.459 e. The third-order valence-corrected chi connectivity index (χ3v) is 5.50. The highest BCUT2D eigenvalue weighted by molar-refractivity contribution is 6.93. The van der Waals surface area contributed by atoms with E-state index in [4.69, 9.17) is 4.74 Å². The molecule has 0 unspecified atom stereocenters. The highest BCUT2D eigenvalue weighted by Gasteiger charge is 2.19. The lowest BCUT2D eigenvalue weighted by atomic mass is 10.4. The summed E-state index contributed by atoms with van der Waals surface area (Å²) in [7, 11) is -1.57. The van der Waals surface area contributed by atoms with Crippen molar-refractivity contribution in [3.63, 3.8) is 0 Å². The fourth-order valence-corrected chi connectivity index (χ4v) is 3.64. The summed E-state index contributed by atoms with van der Waals surface area (Å²) in [5.74, 6) is -0.235. The van der Waals surface area contributed by atoms with Gasteiger partial charge in [0.1, 0.15) is 14.2 Å². The molecule has 0 heterocycles. The van der Waals surface area contributed by atoms with Crippen molar-refractivity contribution in [3.8, 4) is 0 Å². The van der Waals surface area contributed by atoms with E-state index in [9.17, 15) is 4.79 Å². The molecule has 1 atom stereocenters. The maximum absolute atomic E-state index is 10.8. The van der Waals surface area contributed by atoms with Crippen LogP contribution in [0.5, 0.6) is 0 Å². The smallest absolute Gasteiger partial charge is 0.303 e. The minimum atomic E-state index is -1.57. The summed E-state index contributed by atoms with van der Waals surface area (Å²) < 4.78 is 5.08. The van der Waals surface area contributed by atoms with Gasteiger partial charge in [0.05, 0.1) is 0 Å². The second-order valence-electron chi connectivity index (χ2n) is 4.76. The van der Waals surface area contributed by atoms with Crippen LogP contribution < -0.4 is 5.19 Å². The van der Waals surface area contributed by atoms with Gasteiger partial charge in [0, 0.05) is 6.92 Å². The van der Waals surface area contributed by atoms with Crippen LogP contribution in [0, 0.1) is 0 Å². The van der Waals surface area contributed by atoms with E-state index in [1.165, 1.54) is 12.1 Å². The van der Waals surface area contributed by atoms with Gasteiger partial charge in [-0.2, -0.15) is 0 Å². The maximum Gasteiger partial charge on any atom is 0.303 e. The zero-order chi connectivity index (χ0) is 12.9. The molecule has 0 fully saturated rings. The average Bonchev–Trinajstić information content (AvgIpc) is 2.27. The van der Waals surface area contributed by atoms with E-state index < -0.39 is 8.07 Å². The second kappa shape index (κ2) is 5.82. The summed E-state index contributed by atoms with van der Waals surface area (Å²) in [6.07, 6.45) is 1.84. The monoisotopic (exact) mass is 248 g/mol. The Labute approximate surface area is 104 Å². The van der Waals surface area contributed by atoms with Crippen LogP contribution in [0.1, 0.15) is 13.8 Å². The molecule has 0 spiro atoms. The summed E-state index contributed by atoms with van der Waals surface area (Å²) in [5.41, 5.74) is 2.22. The topological polar surface area (TPSA) is 26.3 Å². The molecule has 1 aromatic rings. The first kappa shape index (κ1) is 13.7. The van der Waals surface area contributed by atoms with Crippen LogP contribution in [0.4, 0.5) is 0 Å².